The molecule has 0 bridgehead atoms. The molecule has 140 valence electrons. The lowest BCUT2D eigenvalue weighted by atomic mass is 9.94. The van der Waals surface area contributed by atoms with Gasteiger partial charge in [-0.1, -0.05) is 25.4 Å². The van der Waals surface area contributed by atoms with Crippen LogP contribution in [0.15, 0.2) is 18.3 Å². The van der Waals surface area contributed by atoms with Gasteiger partial charge in [-0.3, -0.25) is 4.79 Å². The van der Waals surface area contributed by atoms with Crippen LogP contribution in [0.1, 0.15) is 39.5 Å². The molecular weight excluding hydrogens is 338 g/mol. The number of ether oxygens (including phenoxy) is 1. The van der Waals surface area contributed by atoms with Gasteiger partial charge in [0.05, 0.1) is 11.6 Å². The van der Waals surface area contributed by atoms with E-state index in [1.54, 1.807) is 13.3 Å². The monoisotopic (exact) mass is 367 g/mol. The van der Waals surface area contributed by atoms with Crippen molar-refractivity contribution in [2.45, 2.75) is 45.6 Å². The highest BCUT2D eigenvalue weighted by Gasteiger charge is 2.31. The number of pyridine rings is 1. The van der Waals surface area contributed by atoms with Gasteiger partial charge in [0.15, 0.2) is 0 Å². The number of carbonyl (C=O) groups is 1. The van der Waals surface area contributed by atoms with E-state index in [9.17, 15) is 4.79 Å². The molecule has 1 aromatic heterocycles. The number of nitrogens with zero attached hydrogens (tertiary/aromatic N) is 3. The zero-order valence-corrected chi connectivity index (χ0v) is 16.3. The van der Waals surface area contributed by atoms with Crippen LogP contribution >= 0.6 is 11.6 Å². The van der Waals surface area contributed by atoms with Gasteiger partial charge < -0.3 is 14.5 Å². The fourth-order valence-corrected chi connectivity index (χ4v) is 3.65. The van der Waals surface area contributed by atoms with Gasteiger partial charge in [0.25, 0.3) is 0 Å². The molecule has 2 rings (SSSR count). The number of hydrogen-bond acceptors (Lipinski definition) is 4. The number of rotatable bonds is 8. The Hall–Kier alpha value is -1.33. The van der Waals surface area contributed by atoms with Crippen molar-refractivity contribution in [3.8, 4) is 0 Å². The van der Waals surface area contributed by atoms with Crippen molar-refractivity contribution in [1.29, 1.82) is 0 Å². The van der Waals surface area contributed by atoms with Crippen LogP contribution in [0.3, 0.4) is 0 Å². The molecule has 1 saturated heterocycles. The highest BCUT2D eigenvalue weighted by atomic mass is 35.5. The fraction of sp³-hybridized carbons (Fsp3) is 0.684. The van der Waals surface area contributed by atoms with Crippen LogP contribution in [0.2, 0.25) is 5.02 Å². The summed E-state index contributed by atoms with van der Waals surface area (Å²) in [5.74, 6) is 1.32. The summed E-state index contributed by atoms with van der Waals surface area (Å²) in [5.41, 5.74) is 0. The minimum absolute atomic E-state index is 0.0982. The third-order valence-corrected chi connectivity index (χ3v) is 5.31. The molecule has 0 radical (unpaired) electrons. The predicted octanol–water partition coefficient (Wildman–Crippen LogP) is 3.62. The maximum atomic E-state index is 13.1. The Morgan fingerprint density at radius 2 is 2.04 bits per heavy atom. The van der Waals surface area contributed by atoms with Gasteiger partial charge in [-0.25, -0.2) is 4.98 Å². The number of carbonyl (C=O) groups excluding carboxylic acids is 1. The minimum Gasteiger partial charge on any atom is -0.383 e. The molecule has 0 spiro atoms. The first-order valence-corrected chi connectivity index (χ1v) is 9.64. The Kier molecular flexibility index (Phi) is 7.97. The number of hydrogen-bond donors (Lipinski definition) is 0. The minimum atomic E-state index is 0.0982. The van der Waals surface area contributed by atoms with E-state index in [1.165, 1.54) is 0 Å². The average Bonchev–Trinajstić information content (AvgIpc) is 2.65. The molecule has 5 nitrogen and oxygen atoms in total. The number of halogens is 1. The van der Waals surface area contributed by atoms with Gasteiger partial charge in [-0.2, -0.15) is 0 Å². The molecule has 1 fully saturated rings. The SMILES string of the molecule is CCC(CC)N(CCOC)C(=O)C1CCN(c2ccc(Cl)cn2)CC1. The van der Waals surface area contributed by atoms with Gasteiger partial charge in [0.2, 0.25) is 5.91 Å². The number of aromatic nitrogens is 1. The van der Waals surface area contributed by atoms with Crippen molar-refractivity contribution in [3.05, 3.63) is 23.4 Å². The molecule has 1 amide bonds. The Morgan fingerprint density at radius 1 is 1.36 bits per heavy atom. The van der Waals surface area contributed by atoms with E-state index in [0.29, 0.717) is 24.2 Å². The molecule has 6 heteroatoms. The summed E-state index contributed by atoms with van der Waals surface area (Å²) in [7, 11) is 1.69. The highest BCUT2D eigenvalue weighted by Crippen LogP contribution is 2.25. The molecule has 0 atom stereocenters. The second-order valence-corrected chi connectivity index (χ2v) is 7.03. The van der Waals surface area contributed by atoms with Crippen LogP contribution in [-0.4, -0.2) is 55.2 Å². The van der Waals surface area contributed by atoms with E-state index >= 15 is 0 Å². The number of piperidine rings is 1. The summed E-state index contributed by atoms with van der Waals surface area (Å²) in [4.78, 5) is 21.7. The molecule has 1 aliphatic heterocycles. The second kappa shape index (κ2) is 9.97. The van der Waals surface area contributed by atoms with Gasteiger partial charge in [-0.15, -0.1) is 0 Å². The third kappa shape index (κ3) is 5.32. The zero-order valence-electron chi connectivity index (χ0n) is 15.6. The van der Waals surface area contributed by atoms with Crippen molar-refractivity contribution in [2.75, 3.05) is 38.3 Å². The Labute approximate surface area is 156 Å². The highest BCUT2D eigenvalue weighted by molar-refractivity contribution is 6.30. The molecular formula is C19H30ClN3O2. The topological polar surface area (TPSA) is 45.7 Å². The Balaban J connectivity index is 1.96. The van der Waals surface area contributed by atoms with Crippen LogP contribution in [-0.2, 0) is 9.53 Å². The molecule has 0 N–H and O–H groups in total. The smallest absolute Gasteiger partial charge is 0.226 e. The van der Waals surface area contributed by atoms with E-state index in [-0.39, 0.29) is 11.8 Å². The first-order valence-electron chi connectivity index (χ1n) is 9.26. The lowest BCUT2D eigenvalue weighted by Crippen LogP contribution is -2.47. The largest absolute Gasteiger partial charge is 0.383 e. The van der Waals surface area contributed by atoms with Crippen LogP contribution < -0.4 is 4.90 Å². The lowest BCUT2D eigenvalue weighted by molar-refractivity contribution is -0.139. The number of amides is 1. The van der Waals surface area contributed by atoms with Crippen molar-refractivity contribution in [1.82, 2.24) is 9.88 Å². The molecule has 0 unspecified atom stereocenters. The standard InChI is InChI=1S/C19H30ClN3O2/c1-4-17(5-2)23(12-13-25-3)19(24)15-8-10-22(11-9-15)18-7-6-16(20)14-21-18/h6-7,14-15,17H,4-5,8-13H2,1-3H3. The molecule has 1 aliphatic rings. The van der Waals surface area contributed by atoms with E-state index in [2.05, 4.69) is 23.7 Å². The maximum Gasteiger partial charge on any atom is 0.226 e. The molecule has 1 aromatic rings. The summed E-state index contributed by atoms with van der Waals surface area (Å²) >= 11 is 5.91. The van der Waals surface area contributed by atoms with Crippen LogP contribution in [0.4, 0.5) is 5.82 Å². The summed E-state index contributed by atoms with van der Waals surface area (Å²) < 4.78 is 5.21. The molecule has 2 heterocycles. The normalized spacial score (nSPS) is 15.6. The van der Waals surface area contributed by atoms with E-state index < -0.39 is 0 Å². The molecule has 0 aromatic carbocycles. The zero-order chi connectivity index (χ0) is 18.2. The fourth-order valence-electron chi connectivity index (χ4n) is 3.54. The Bertz CT molecular complexity index is 526. The van der Waals surface area contributed by atoms with E-state index in [1.807, 2.05) is 17.0 Å². The van der Waals surface area contributed by atoms with Crippen molar-refractivity contribution < 1.29 is 9.53 Å². The quantitative estimate of drug-likeness (QED) is 0.704. The summed E-state index contributed by atoms with van der Waals surface area (Å²) in [5, 5.41) is 0.646. The first kappa shape index (κ1) is 20.0. The maximum absolute atomic E-state index is 13.1. The Morgan fingerprint density at radius 3 is 2.56 bits per heavy atom. The molecule has 0 saturated carbocycles. The van der Waals surface area contributed by atoms with Crippen molar-refractivity contribution in [3.63, 3.8) is 0 Å². The van der Waals surface area contributed by atoms with Gasteiger partial charge in [0, 0.05) is 44.9 Å². The average molecular weight is 368 g/mol. The van der Waals surface area contributed by atoms with E-state index in [4.69, 9.17) is 16.3 Å². The lowest BCUT2D eigenvalue weighted by Gasteiger charge is -2.37. The van der Waals surface area contributed by atoms with E-state index in [0.717, 1.165) is 44.6 Å². The molecule has 0 aliphatic carbocycles. The second-order valence-electron chi connectivity index (χ2n) is 6.59. The van der Waals surface area contributed by atoms with Gasteiger partial charge in [-0.05, 0) is 37.8 Å². The summed E-state index contributed by atoms with van der Waals surface area (Å²) in [6.07, 6.45) is 5.38. The number of anilines is 1. The summed E-state index contributed by atoms with van der Waals surface area (Å²) in [6, 6.07) is 4.11. The van der Waals surface area contributed by atoms with Crippen LogP contribution in [0.25, 0.3) is 0 Å². The predicted molar refractivity (Wildman–Crippen MR) is 102 cm³/mol. The van der Waals surface area contributed by atoms with Crippen LogP contribution in [0.5, 0.6) is 0 Å². The first-order chi connectivity index (χ1) is 12.1. The molecule has 25 heavy (non-hydrogen) atoms. The van der Waals surface area contributed by atoms with Gasteiger partial charge >= 0.3 is 0 Å². The van der Waals surface area contributed by atoms with Gasteiger partial charge in [0.1, 0.15) is 5.82 Å². The third-order valence-electron chi connectivity index (χ3n) is 5.08. The van der Waals surface area contributed by atoms with Crippen molar-refractivity contribution in [2.24, 2.45) is 5.92 Å². The summed E-state index contributed by atoms with van der Waals surface area (Å²) in [6.45, 7) is 7.28. The van der Waals surface area contributed by atoms with Crippen molar-refractivity contribution >= 4 is 23.3 Å². The van der Waals surface area contributed by atoms with Crippen LogP contribution in [0, 0.1) is 5.92 Å². The number of methoxy groups -OCH3 is 1.